The Labute approximate surface area is 162 Å². The lowest BCUT2D eigenvalue weighted by atomic mass is 10.1. The molecule has 0 atom stereocenters. The number of carbonyl (C=O) groups is 3. The molecule has 0 bridgehead atoms. The summed E-state index contributed by atoms with van der Waals surface area (Å²) in [5, 5.41) is 5.54. The van der Waals surface area contributed by atoms with Crippen LogP contribution in [0.2, 0.25) is 0 Å². The van der Waals surface area contributed by atoms with Gasteiger partial charge in [-0.2, -0.15) is 0 Å². The van der Waals surface area contributed by atoms with Crippen molar-refractivity contribution in [1.29, 1.82) is 0 Å². The number of anilines is 1. The average Bonchev–Trinajstić information content (AvgIpc) is 3.20. The number of ether oxygens (including phenoxy) is 1. The van der Waals surface area contributed by atoms with Gasteiger partial charge in [0, 0.05) is 6.04 Å². The highest BCUT2D eigenvalue weighted by atomic mass is 19.1. The zero-order valence-electron chi connectivity index (χ0n) is 15.2. The summed E-state index contributed by atoms with van der Waals surface area (Å²) in [4.78, 5) is 36.5. The lowest BCUT2D eigenvalue weighted by Crippen LogP contribution is -2.33. The molecule has 0 aliphatic heterocycles. The molecule has 3 rings (SSSR count). The van der Waals surface area contributed by atoms with Gasteiger partial charge < -0.3 is 15.4 Å². The largest absolute Gasteiger partial charge is 0.452 e. The first-order valence-electron chi connectivity index (χ1n) is 9.16. The van der Waals surface area contributed by atoms with Crippen LogP contribution in [0.5, 0.6) is 0 Å². The maximum atomic E-state index is 13.6. The van der Waals surface area contributed by atoms with Gasteiger partial charge in [-0.3, -0.25) is 9.59 Å². The highest BCUT2D eigenvalue weighted by Gasteiger charge is 2.20. The summed E-state index contributed by atoms with van der Waals surface area (Å²) >= 11 is 0. The Morgan fingerprint density at radius 3 is 2.32 bits per heavy atom. The molecule has 6 nitrogen and oxygen atoms in total. The molecule has 2 amide bonds. The van der Waals surface area contributed by atoms with Crippen molar-refractivity contribution in [2.24, 2.45) is 0 Å². The number of amides is 2. The van der Waals surface area contributed by atoms with Crippen molar-refractivity contribution in [3.8, 4) is 0 Å². The van der Waals surface area contributed by atoms with Crippen LogP contribution in [-0.4, -0.2) is 30.4 Å². The molecule has 0 aromatic heterocycles. The molecule has 1 saturated carbocycles. The molecule has 7 heteroatoms. The topological polar surface area (TPSA) is 84.5 Å². The van der Waals surface area contributed by atoms with Gasteiger partial charge in [0.2, 0.25) is 0 Å². The number of carbonyl (C=O) groups excluding carboxylic acids is 3. The summed E-state index contributed by atoms with van der Waals surface area (Å²) in [5.74, 6) is -2.53. The lowest BCUT2D eigenvalue weighted by Gasteiger charge is -2.15. The second-order valence-electron chi connectivity index (χ2n) is 6.60. The van der Waals surface area contributed by atoms with E-state index in [1.807, 2.05) is 0 Å². The van der Waals surface area contributed by atoms with Crippen molar-refractivity contribution >= 4 is 23.5 Å². The van der Waals surface area contributed by atoms with E-state index in [9.17, 15) is 18.8 Å². The van der Waals surface area contributed by atoms with Crippen molar-refractivity contribution < 1.29 is 23.5 Å². The average molecular weight is 384 g/mol. The first-order chi connectivity index (χ1) is 13.5. The molecule has 1 fully saturated rings. The van der Waals surface area contributed by atoms with Crippen LogP contribution in [0.15, 0.2) is 48.5 Å². The highest BCUT2D eigenvalue weighted by Crippen LogP contribution is 2.20. The Hall–Kier alpha value is -3.22. The maximum Gasteiger partial charge on any atom is 0.341 e. The van der Waals surface area contributed by atoms with Crippen LogP contribution in [0.1, 0.15) is 46.4 Å². The SMILES string of the molecule is O=C(COC(=O)c1ccccc1F)Nc1ccccc1C(=O)NC1CCCC1. The number of esters is 1. The minimum absolute atomic E-state index is 0.151. The molecular formula is C21H21FN2O4. The van der Waals surface area contributed by atoms with E-state index in [2.05, 4.69) is 10.6 Å². The van der Waals surface area contributed by atoms with Crippen LogP contribution in [0.25, 0.3) is 0 Å². The normalized spacial score (nSPS) is 13.8. The molecule has 28 heavy (non-hydrogen) atoms. The van der Waals surface area contributed by atoms with Crippen LogP contribution in [0.4, 0.5) is 10.1 Å². The van der Waals surface area contributed by atoms with Crippen molar-refractivity contribution in [3.05, 3.63) is 65.5 Å². The Kier molecular flexibility index (Phi) is 6.37. The lowest BCUT2D eigenvalue weighted by molar-refractivity contribution is -0.119. The summed E-state index contributed by atoms with van der Waals surface area (Å²) < 4.78 is 18.4. The molecule has 146 valence electrons. The fourth-order valence-corrected chi connectivity index (χ4v) is 3.15. The van der Waals surface area contributed by atoms with E-state index in [-0.39, 0.29) is 17.5 Å². The van der Waals surface area contributed by atoms with E-state index in [0.717, 1.165) is 31.7 Å². The molecule has 0 radical (unpaired) electrons. The van der Waals surface area contributed by atoms with Crippen LogP contribution >= 0.6 is 0 Å². The number of rotatable bonds is 6. The third-order valence-electron chi connectivity index (χ3n) is 4.56. The smallest absolute Gasteiger partial charge is 0.341 e. The van der Waals surface area contributed by atoms with Gasteiger partial charge in [0.25, 0.3) is 11.8 Å². The second-order valence-corrected chi connectivity index (χ2v) is 6.60. The third kappa shape index (κ3) is 4.94. The van der Waals surface area contributed by atoms with Crippen molar-refractivity contribution in [2.45, 2.75) is 31.7 Å². The number of hydrogen-bond donors (Lipinski definition) is 2. The van der Waals surface area contributed by atoms with E-state index in [0.29, 0.717) is 11.3 Å². The fourth-order valence-electron chi connectivity index (χ4n) is 3.15. The predicted octanol–water partition coefficient (Wildman–Crippen LogP) is 3.29. The number of para-hydroxylation sites is 1. The van der Waals surface area contributed by atoms with Gasteiger partial charge in [-0.25, -0.2) is 9.18 Å². The van der Waals surface area contributed by atoms with E-state index >= 15 is 0 Å². The van der Waals surface area contributed by atoms with E-state index in [1.54, 1.807) is 24.3 Å². The van der Waals surface area contributed by atoms with E-state index in [1.165, 1.54) is 18.2 Å². The Bertz CT molecular complexity index is 878. The quantitative estimate of drug-likeness (QED) is 0.749. The zero-order valence-corrected chi connectivity index (χ0v) is 15.2. The first kappa shape index (κ1) is 19.5. The maximum absolute atomic E-state index is 13.6. The Balaban J connectivity index is 1.59. The van der Waals surface area contributed by atoms with Gasteiger partial charge in [-0.05, 0) is 37.1 Å². The van der Waals surface area contributed by atoms with Gasteiger partial charge in [0.15, 0.2) is 6.61 Å². The van der Waals surface area contributed by atoms with Crippen LogP contribution in [0, 0.1) is 5.82 Å². The van der Waals surface area contributed by atoms with Gasteiger partial charge in [0.1, 0.15) is 5.82 Å². The number of hydrogen-bond acceptors (Lipinski definition) is 4. The fraction of sp³-hybridized carbons (Fsp3) is 0.286. The minimum Gasteiger partial charge on any atom is -0.452 e. The van der Waals surface area contributed by atoms with Crippen molar-refractivity contribution in [1.82, 2.24) is 5.32 Å². The van der Waals surface area contributed by atoms with Gasteiger partial charge in [-0.1, -0.05) is 37.1 Å². The summed E-state index contributed by atoms with van der Waals surface area (Å²) in [6.45, 7) is -0.592. The van der Waals surface area contributed by atoms with Gasteiger partial charge in [-0.15, -0.1) is 0 Å². The van der Waals surface area contributed by atoms with Crippen LogP contribution < -0.4 is 10.6 Å². The van der Waals surface area contributed by atoms with Gasteiger partial charge in [0.05, 0.1) is 16.8 Å². The molecule has 2 N–H and O–H groups in total. The van der Waals surface area contributed by atoms with Crippen molar-refractivity contribution in [3.63, 3.8) is 0 Å². The number of nitrogens with one attached hydrogen (secondary N) is 2. The summed E-state index contributed by atoms with van der Waals surface area (Å²) in [7, 11) is 0. The molecule has 1 aliphatic rings. The highest BCUT2D eigenvalue weighted by molar-refractivity contribution is 6.04. The first-order valence-corrected chi connectivity index (χ1v) is 9.16. The summed E-state index contributed by atoms with van der Waals surface area (Å²) in [6.07, 6.45) is 4.09. The van der Waals surface area contributed by atoms with Crippen LogP contribution in [-0.2, 0) is 9.53 Å². The molecular weight excluding hydrogens is 363 g/mol. The van der Waals surface area contributed by atoms with Crippen molar-refractivity contribution in [2.75, 3.05) is 11.9 Å². The Morgan fingerprint density at radius 2 is 1.61 bits per heavy atom. The minimum atomic E-state index is -0.930. The van der Waals surface area contributed by atoms with E-state index in [4.69, 9.17) is 4.74 Å². The summed E-state index contributed by atoms with van der Waals surface area (Å²) in [5.41, 5.74) is 0.416. The summed E-state index contributed by atoms with van der Waals surface area (Å²) in [6, 6.07) is 12.1. The monoisotopic (exact) mass is 384 g/mol. The standard InChI is InChI=1S/C21H21FN2O4/c22-17-11-5-3-9-15(17)21(27)28-13-19(25)24-18-12-6-4-10-16(18)20(26)23-14-7-1-2-8-14/h3-6,9-12,14H,1-2,7-8,13H2,(H,23,26)(H,24,25). The second kappa shape index (κ2) is 9.12. The molecule has 0 saturated heterocycles. The molecule has 0 spiro atoms. The number of halogens is 1. The molecule has 2 aromatic rings. The third-order valence-corrected chi connectivity index (χ3v) is 4.56. The van der Waals surface area contributed by atoms with E-state index < -0.39 is 24.3 Å². The molecule has 0 heterocycles. The van der Waals surface area contributed by atoms with Crippen LogP contribution in [0.3, 0.4) is 0 Å². The molecule has 2 aromatic carbocycles. The van der Waals surface area contributed by atoms with Gasteiger partial charge >= 0.3 is 5.97 Å². The zero-order chi connectivity index (χ0) is 19.9. The molecule has 1 aliphatic carbocycles. The molecule has 0 unspecified atom stereocenters. The predicted molar refractivity (Wildman–Crippen MR) is 101 cm³/mol. The number of benzene rings is 2. The Morgan fingerprint density at radius 1 is 0.964 bits per heavy atom.